The van der Waals surface area contributed by atoms with E-state index >= 15 is 0 Å². The first kappa shape index (κ1) is 21.5. The number of rotatable bonds is 5. The highest BCUT2D eigenvalue weighted by Gasteiger charge is 2.48. The van der Waals surface area contributed by atoms with Gasteiger partial charge in [0.05, 0.1) is 27.8 Å². The van der Waals surface area contributed by atoms with Crippen molar-refractivity contribution in [3.8, 4) is 6.07 Å². The number of benzene rings is 1. The Balaban J connectivity index is 1.58. The van der Waals surface area contributed by atoms with Gasteiger partial charge in [-0.25, -0.2) is 8.42 Å². The zero-order valence-corrected chi connectivity index (χ0v) is 17.0. The van der Waals surface area contributed by atoms with Crippen molar-refractivity contribution in [2.75, 3.05) is 6.54 Å². The third-order valence-electron chi connectivity index (χ3n) is 5.80. The second-order valence-corrected chi connectivity index (χ2v) is 10.2. The predicted molar refractivity (Wildman–Crippen MR) is 105 cm³/mol. The number of hydrogen-bond acceptors (Lipinski definition) is 6. The first-order valence-corrected chi connectivity index (χ1v) is 11.2. The third-order valence-corrected chi connectivity index (χ3v) is 8.00. The van der Waals surface area contributed by atoms with E-state index in [0.717, 1.165) is 12.1 Å². The summed E-state index contributed by atoms with van der Waals surface area (Å²) in [5.74, 6) is -0.968. The average Bonchev–Trinajstić information content (AvgIpc) is 3.15. The van der Waals surface area contributed by atoms with E-state index in [1.165, 1.54) is 18.5 Å². The van der Waals surface area contributed by atoms with Gasteiger partial charge in [-0.3, -0.25) is 9.79 Å². The topological polar surface area (TPSA) is 111 Å². The van der Waals surface area contributed by atoms with Crippen molar-refractivity contribution in [1.29, 1.82) is 5.26 Å². The molecule has 11 heteroatoms. The van der Waals surface area contributed by atoms with Crippen LogP contribution in [-0.2, 0) is 20.8 Å². The number of nitrogens with one attached hydrogen (secondary N) is 2. The molecule has 2 fully saturated rings. The Labute approximate surface area is 177 Å². The van der Waals surface area contributed by atoms with Crippen LogP contribution in [0.5, 0.6) is 0 Å². The van der Waals surface area contributed by atoms with Gasteiger partial charge in [0.15, 0.2) is 9.84 Å². The molecule has 1 unspecified atom stereocenters. The quantitative estimate of drug-likeness (QED) is 0.711. The van der Waals surface area contributed by atoms with Gasteiger partial charge < -0.3 is 10.6 Å². The number of nitrogens with zero attached hydrogens (tertiary/aromatic N) is 2. The molecule has 7 nitrogen and oxygen atoms in total. The summed E-state index contributed by atoms with van der Waals surface area (Å²) in [5, 5.41) is 13.2. The summed E-state index contributed by atoms with van der Waals surface area (Å²) >= 11 is 0. The predicted octanol–water partition coefficient (Wildman–Crippen LogP) is 2.06. The number of hydrogen-bond donors (Lipinski definition) is 2. The van der Waals surface area contributed by atoms with Gasteiger partial charge in [-0.15, -0.1) is 0 Å². The fourth-order valence-electron chi connectivity index (χ4n) is 3.79. The summed E-state index contributed by atoms with van der Waals surface area (Å²) in [5.41, 5.74) is -1.85. The summed E-state index contributed by atoms with van der Waals surface area (Å²) in [6, 6.07) is 4.30. The Kier molecular flexibility index (Phi) is 5.18. The van der Waals surface area contributed by atoms with Gasteiger partial charge in [-0.1, -0.05) is 12.1 Å². The minimum atomic E-state index is -4.87. The molecule has 1 amide bonds. The van der Waals surface area contributed by atoms with Gasteiger partial charge in [0.2, 0.25) is 5.91 Å². The van der Waals surface area contributed by atoms with Crippen molar-refractivity contribution < 1.29 is 26.4 Å². The third kappa shape index (κ3) is 4.09. The van der Waals surface area contributed by atoms with E-state index in [0.29, 0.717) is 12.8 Å². The first-order valence-electron chi connectivity index (χ1n) is 9.67. The number of carbonyl (C=O) groups is 1. The normalized spacial score (nSPS) is 26.6. The van der Waals surface area contributed by atoms with Gasteiger partial charge in [0.25, 0.3) is 0 Å². The Morgan fingerprint density at radius 3 is 2.65 bits per heavy atom. The van der Waals surface area contributed by atoms with Crippen LogP contribution >= 0.6 is 0 Å². The number of aliphatic imine (C=N–C) groups is 1. The molecule has 0 aromatic heterocycles. The molecular weight excluding hydrogens is 433 g/mol. The smallest absolute Gasteiger partial charge is 0.336 e. The molecule has 1 aromatic carbocycles. The molecule has 2 aliphatic heterocycles. The van der Waals surface area contributed by atoms with Crippen molar-refractivity contribution in [3.63, 3.8) is 0 Å². The van der Waals surface area contributed by atoms with Crippen molar-refractivity contribution in [3.05, 3.63) is 41.6 Å². The van der Waals surface area contributed by atoms with Crippen LogP contribution in [-0.4, -0.2) is 43.9 Å². The second kappa shape index (κ2) is 7.46. The SMILES string of the molecule is N#CC1(NC(=O)[C@@H]2C[C@@H](S(=O)(=O)c3ccc(C4C=CN=C4)cc3C(F)(F)F)CN2)CC1. The number of alkyl halides is 3. The lowest BCUT2D eigenvalue weighted by atomic mass is 9.99. The lowest BCUT2D eigenvalue weighted by Crippen LogP contribution is -2.45. The molecular formula is C20H19F3N4O3S. The Hall–Kier alpha value is -2.71. The van der Waals surface area contributed by atoms with E-state index in [-0.39, 0.29) is 18.5 Å². The minimum absolute atomic E-state index is 0.156. The number of carbonyl (C=O) groups excluding carboxylic acids is 1. The van der Waals surface area contributed by atoms with Crippen molar-refractivity contribution in [2.45, 2.75) is 53.1 Å². The van der Waals surface area contributed by atoms with E-state index in [1.807, 2.05) is 6.07 Å². The molecule has 31 heavy (non-hydrogen) atoms. The van der Waals surface area contributed by atoms with E-state index in [4.69, 9.17) is 5.26 Å². The number of nitriles is 1. The molecule has 0 spiro atoms. The summed E-state index contributed by atoms with van der Waals surface area (Å²) < 4.78 is 67.4. The lowest BCUT2D eigenvalue weighted by Gasteiger charge is -2.19. The van der Waals surface area contributed by atoms with E-state index < -0.39 is 55.1 Å². The Bertz CT molecular complexity index is 1110. The highest BCUT2D eigenvalue weighted by atomic mass is 32.2. The maximum Gasteiger partial charge on any atom is 0.417 e. The van der Waals surface area contributed by atoms with Gasteiger partial charge >= 0.3 is 6.18 Å². The number of sulfone groups is 1. The van der Waals surface area contributed by atoms with Crippen molar-refractivity contribution >= 4 is 22.0 Å². The van der Waals surface area contributed by atoms with Crippen molar-refractivity contribution in [2.24, 2.45) is 4.99 Å². The molecule has 1 saturated heterocycles. The second-order valence-electron chi connectivity index (χ2n) is 7.97. The lowest BCUT2D eigenvalue weighted by molar-refractivity contribution is -0.140. The van der Waals surface area contributed by atoms with E-state index in [9.17, 15) is 26.4 Å². The van der Waals surface area contributed by atoms with Crippen LogP contribution in [0, 0.1) is 11.3 Å². The van der Waals surface area contributed by atoms with Gasteiger partial charge in [-0.05, 0) is 37.0 Å². The van der Waals surface area contributed by atoms with Crippen LogP contribution in [0.2, 0.25) is 0 Å². The molecule has 1 aliphatic carbocycles. The minimum Gasteiger partial charge on any atom is -0.336 e. The monoisotopic (exact) mass is 452 g/mol. The fourth-order valence-corrected chi connectivity index (χ4v) is 5.65. The number of amides is 1. The molecule has 164 valence electrons. The number of halogens is 3. The molecule has 0 bridgehead atoms. The molecule has 1 saturated carbocycles. The molecule has 0 radical (unpaired) electrons. The highest BCUT2D eigenvalue weighted by molar-refractivity contribution is 7.92. The fraction of sp³-hybridized carbons (Fsp3) is 0.450. The molecule has 3 atom stereocenters. The molecule has 1 aromatic rings. The largest absolute Gasteiger partial charge is 0.417 e. The zero-order valence-electron chi connectivity index (χ0n) is 16.2. The highest BCUT2D eigenvalue weighted by Crippen LogP contribution is 2.39. The zero-order chi connectivity index (χ0) is 22.4. The van der Waals surface area contributed by atoms with Crippen LogP contribution in [0.25, 0.3) is 0 Å². The molecule has 4 rings (SSSR count). The van der Waals surface area contributed by atoms with Gasteiger partial charge in [0, 0.05) is 24.9 Å². The van der Waals surface area contributed by atoms with Gasteiger partial charge in [0.1, 0.15) is 5.54 Å². The van der Waals surface area contributed by atoms with E-state index in [2.05, 4.69) is 15.6 Å². The first-order chi connectivity index (χ1) is 14.6. The standard InChI is InChI=1S/C20H19F3N4O3S/c21-20(22,23)15-7-12(13-3-6-25-9-13)1-2-17(15)31(29,30)14-8-16(26-10-14)18(28)27-19(11-24)4-5-19/h1-3,6-7,9,13-14,16,26H,4-5,8,10H2,(H,27,28)/t13?,14-,16+/m1/s1. The van der Waals surface area contributed by atoms with Crippen LogP contribution in [0.15, 0.2) is 40.4 Å². The Morgan fingerprint density at radius 1 is 1.32 bits per heavy atom. The summed E-state index contributed by atoms with van der Waals surface area (Å²) in [6.07, 6.45) is 0.551. The Morgan fingerprint density at radius 2 is 2.06 bits per heavy atom. The molecule has 2 heterocycles. The van der Waals surface area contributed by atoms with Crippen LogP contribution in [0.1, 0.15) is 36.3 Å². The maximum absolute atomic E-state index is 13.7. The summed E-state index contributed by atoms with van der Waals surface area (Å²) in [4.78, 5) is 15.4. The summed E-state index contributed by atoms with van der Waals surface area (Å²) in [6.45, 7) is -0.156. The summed E-state index contributed by atoms with van der Waals surface area (Å²) in [7, 11) is -4.37. The van der Waals surface area contributed by atoms with Crippen LogP contribution in [0.4, 0.5) is 13.2 Å². The van der Waals surface area contributed by atoms with Crippen LogP contribution in [0.3, 0.4) is 0 Å². The molecule has 3 aliphatic rings. The maximum atomic E-state index is 13.7. The van der Waals surface area contributed by atoms with Crippen molar-refractivity contribution in [1.82, 2.24) is 10.6 Å². The molecule has 2 N–H and O–H groups in total. The van der Waals surface area contributed by atoms with Gasteiger partial charge in [-0.2, -0.15) is 18.4 Å². The van der Waals surface area contributed by atoms with Crippen LogP contribution < -0.4 is 10.6 Å². The average molecular weight is 452 g/mol. The van der Waals surface area contributed by atoms with E-state index in [1.54, 1.807) is 6.08 Å². The number of allylic oxidation sites excluding steroid dienone is 1.